The van der Waals surface area contributed by atoms with E-state index in [1.165, 1.54) is 6.07 Å². The molecular formula is C15H11ClFN. The molecule has 0 aliphatic heterocycles. The molecule has 1 N–H and O–H groups in total. The fraction of sp³-hybridized carbons (Fsp3) is 0.0667. The van der Waals surface area contributed by atoms with Crippen molar-refractivity contribution in [3.63, 3.8) is 0 Å². The molecule has 0 spiro atoms. The van der Waals surface area contributed by atoms with Gasteiger partial charge in [-0.15, -0.1) is 0 Å². The number of halogens is 2. The van der Waals surface area contributed by atoms with Crippen molar-refractivity contribution < 1.29 is 4.39 Å². The van der Waals surface area contributed by atoms with E-state index < -0.39 is 0 Å². The molecule has 18 heavy (non-hydrogen) atoms. The largest absolute Gasteiger partial charge is 0.360 e. The lowest BCUT2D eigenvalue weighted by Crippen LogP contribution is -1.88. The fourth-order valence-electron chi connectivity index (χ4n) is 2.27. The Bertz CT molecular complexity index is 710. The molecule has 0 aliphatic carbocycles. The zero-order valence-electron chi connectivity index (χ0n) is 9.80. The first-order valence-corrected chi connectivity index (χ1v) is 6.07. The quantitative estimate of drug-likeness (QED) is 0.637. The standard InChI is InChI=1S/C15H11ClFN/c1-9-3-2-4-13(17)14(9)11-7-10-5-6-18-15(10)12(16)8-11/h2-8,18H,1H3. The lowest BCUT2D eigenvalue weighted by molar-refractivity contribution is 0.630. The Morgan fingerprint density at radius 3 is 2.78 bits per heavy atom. The Balaban J connectivity index is 2.31. The fourth-order valence-corrected chi connectivity index (χ4v) is 2.55. The SMILES string of the molecule is Cc1cccc(F)c1-c1cc(Cl)c2[nH]ccc2c1. The number of benzene rings is 2. The predicted molar refractivity (Wildman–Crippen MR) is 73.4 cm³/mol. The Morgan fingerprint density at radius 2 is 2.00 bits per heavy atom. The molecule has 0 fully saturated rings. The zero-order chi connectivity index (χ0) is 12.7. The molecule has 0 atom stereocenters. The maximum absolute atomic E-state index is 13.9. The van der Waals surface area contributed by atoms with E-state index in [1.807, 2.05) is 31.3 Å². The van der Waals surface area contributed by atoms with Crippen LogP contribution in [-0.4, -0.2) is 4.98 Å². The van der Waals surface area contributed by atoms with Crippen LogP contribution in [0.15, 0.2) is 42.6 Å². The first kappa shape index (κ1) is 11.3. The van der Waals surface area contributed by atoms with Gasteiger partial charge in [0.25, 0.3) is 0 Å². The van der Waals surface area contributed by atoms with Gasteiger partial charge >= 0.3 is 0 Å². The summed E-state index contributed by atoms with van der Waals surface area (Å²) in [6.45, 7) is 1.90. The maximum atomic E-state index is 13.9. The summed E-state index contributed by atoms with van der Waals surface area (Å²) in [5.41, 5.74) is 3.21. The second kappa shape index (κ2) is 4.14. The average molecular weight is 260 g/mol. The summed E-state index contributed by atoms with van der Waals surface area (Å²) in [4.78, 5) is 3.07. The van der Waals surface area contributed by atoms with E-state index in [0.29, 0.717) is 10.6 Å². The van der Waals surface area contributed by atoms with Crippen LogP contribution >= 0.6 is 11.6 Å². The van der Waals surface area contributed by atoms with E-state index in [0.717, 1.165) is 22.0 Å². The van der Waals surface area contributed by atoms with Gasteiger partial charge in [0.2, 0.25) is 0 Å². The predicted octanol–water partition coefficient (Wildman–Crippen LogP) is 4.94. The first-order valence-electron chi connectivity index (χ1n) is 5.69. The Hall–Kier alpha value is -1.80. The highest BCUT2D eigenvalue weighted by atomic mass is 35.5. The summed E-state index contributed by atoms with van der Waals surface area (Å²) in [5, 5.41) is 1.59. The van der Waals surface area contributed by atoms with Gasteiger partial charge in [-0.25, -0.2) is 4.39 Å². The molecule has 0 amide bonds. The van der Waals surface area contributed by atoms with E-state index in [9.17, 15) is 4.39 Å². The Kier molecular flexibility index (Phi) is 2.60. The molecule has 90 valence electrons. The van der Waals surface area contributed by atoms with Crippen LogP contribution in [0.2, 0.25) is 5.02 Å². The average Bonchev–Trinajstić information content (AvgIpc) is 2.77. The molecule has 1 nitrogen and oxygen atoms in total. The van der Waals surface area contributed by atoms with E-state index in [1.54, 1.807) is 12.1 Å². The van der Waals surface area contributed by atoms with Crippen molar-refractivity contribution >= 4 is 22.5 Å². The lowest BCUT2D eigenvalue weighted by Gasteiger charge is -2.08. The van der Waals surface area contributed by atoms with E-state index in [4.69, 9.17) is 11.6 Å². The van der Waals surface area contributed by atoms with Gasteiger partial charge in [0, 0.05) is 17.1 Å². The summed E-state index contributed by atoms with van der Waals surface area (Å²) in [6.07, 6.45) is 1.83. The van der Waals surface area contributed by atoms with Crippen molar-refractivity contribution in [1.29, 1.82) is 0 Å². The summed E-state index contributed by atoms with van der Waals surface area (Å²) >= 11 is 6.20. The van der Waals surface area contributed by atoms with Crippen molar-refractivity contribution in [1.82, 2.24) is 4.98 Å². The Labute approximate surface area is 109 Å². The molecule has 0 unspecified atom stereocenters. The molecular weight excluding hydrogens is 249 g/mol. The molecule has 3 heteroatoms. The summed E-state index contributed by atoms with van der Waals surface area (Å²) in [7, 11) is 0. The third kappa shape index (κ3) is 1.70. The molecule has 0 saturated carbocycles. The van der Waals surface area contributed by atoms with Gasteiger partial charge in [-0.3, -0.25) is 0 Å². The molecule has 1 heterocycles. The number of rotatable bonds is 1. The van der Waals surface area contributed by atoms with Crippen LogP contribution in [0.1, 0.15) is 5.56 Å². The number of hydrogen-bond donors (Lipinski definition) is 1. The monoisotopic (exact) mass is 259 g/mol. The van der Waals surface area contributed by atoms with Gasteiger partial charge in [0.05, 0.1) is 10.5 Å². The van der Waals surface area contributed by atoms with Crippen molar-refractivity contribution in [2.45, 2.75) is 6.92 Å². The second-order valence-electron chi connectivity index (χ2n) is 4.33. The maximum Gasteiger partial charge on any atom is 0.131 e. The lowest BCUT2D eigenvalue weighted by atomic mass is 9.99. The molecule has 0 radical (unpaired) electrons. The van der Waals surface area contributed by atoms with Gasteiger partial charge < -0.3 is 4.98 Å². The van der Waals surface area contributed by atoms with Gasteiger partial charge in [0.15, 0.2) is 0 Å². The third-order valence-corrected chi connectivity index (χ3v) is 3.42. The van der Waals surface area contributed by atoms with E-state index in [-0.39, 0.29) is 5.82 Å². The minimum atomic E-state index is -0.221. The zero-order valence-corrected chi connectivity index (χ0v) is 10.6. The Morgan fingerprint density at radius 1 is 1.17 bits per heavy atom. The van der Waals surface area contributed by atoms with Crippen LogP contribution < -0.4 is 0 Å². The van der Waals surface area contributed by atoms with Crippen molar-refractivity contribution in [2.75, 3.05) is 0 Å². The summed E-state index contributed by atoms with van der Waals surface area (Å²) in [5.74, 6) is -0.221. The normalized spacial score (nSPS) is 11.1. The number of hydrogen-bond acceptors (Lipinski definition) is 0. The molecule has 0 aliphatic rings. The third-order valence-electron chi connectivity index (χ3n) is 3.12. The van der Waals surface area contributed by atoms with Crippen LogP contribution in [0.25, 0.3) is 22.0 Å². The number of aryl methyl sites for hydroxylation is 1. The summed E-state index contributed by atoms with van der Waals surface area (Å²) < 4.78 is 13.9. The van der Waals surface area contributed by atoms with Gasteiger partial charge in [-0.05, 0) is 42.3 Å². The first-order chi connectivity index (χ1) is 8.66. The van der Waals surface area contributed by atoms with Gasteiger partial charge in [0.1, 0.15) is 5.82 Å². The van der Waals surface area contributed by atoms with Crippen LogP contribution in [0, 0.1) is 12.7 Å². The van der Waals surface area contributed by atoms with E-state index in [2.05, 4.69) is 4.98 Å². The number of aromatic amines is 1. The van der Waals surface area contributed by atoms with Gasteiger partial charge in [-0.1, -0.05) is 23.7 Å². The number of fused-ring (bicyclic) bond motifs is 1. The molecule has 2 aromatic carbocycles. The van der Waals surface area contributed by atoms with Crippen molar-refractivity contribution in [3.05, 3.63) is 59.0 Å². The smallest absolute Gasteiger partial charge is 0.131 e. The molecule has 3 aromatic rings. The van der Waals surface area contributed by atoms with Crippen LogP contribution in [0.5, 0.6) is 0 Å². The minimum Gasteiger partial charge on any atom is -0.360 e. The highest BCUT2D eigenvalue weighted by molar-refractivity contribution is 6.35. The van der Waals surface area contributed by atoms with Crippen LogP contribution in [0.4, 0.5) is 4.39 Å². The summed E-state index contributed by atoms with van der Waals surface area (Å²) in [6, 6.07) is 10.8. The number of nitrogens with one attached hydrogen (secondary N) is 1. The molecule has 0 bridgehead atoms. The second-order valence-corrected chi connectivity index (χ2v) is 4.74. The number of aromatic nitrogens is 1. The van der Waals surface area contributed by atoms with Crippen molar-refractivity contribution in [2.24, 2.45) is 0 Å². The van der Waals surface area contributed by atoms with Gasteiger partial charge in [-0.2, -0.15) is 0 Å². The topological polar surface area (TPSA) is 15.8 Å². The molecule has 0 saturated heterocycles. The van der Waals surface area contributed by atoms with E-state index >= 15 is 0 Å². The molecule has 3 rings (SSSR count). The number of H-pyrrole nitrogens is 1. The highest BCUT2D eigenvalue weighted by Gasteiger charge is 2.11. The molecule has 1 aromatic heterocycles. The minimum absolute atomic E-state index is 0.221. The van der Waals surface area contributed by atoms with Crippen LogP contribution in [-0.2, 0) is 0 Å². The highest BCUT2D eigenvalue weighted by Crippen LogP contribution is 2.33. The van der Waals surface area contributed by atoms with Crippen molar-refractivity contribution in [3.8, 4) is 11.1 Å². The van der Waals surface area contributed by atoms with Crippen LogP contribution in [0.3, 0.4) is 0 Å².